The first-order valence-electron chi connectivity index (χ1n) is 11.4. The SMILES string of the molecule is Cl.Cl.c1ccc(CCCC2CCN(CCCCCC3CCCNC3)CC2)cc1. The number of aryl methyl sites for hydroxylation is 1. The minimum absolute atomic E-state index is 0. The number of nitrogens with one attached hydrogen (secondary N) is 1. The molecule has 2 heterocycles. The number of hydrogen-bond acceptors (Lipinski definition) is 2. The number of likely N-dealkylation sites (tertiary alicyclic amines) is 1. The molecule has 162 valence electrons. The van der Waals surface area contributed by atoms with Gasteiger partial charge in [-0.3, -0.25) is 0 Å². The maximum absolute atomic E-state index is 3.55. The van der Waals surface area contributed by atoms with E-state index in [0.717, 1.165) is 11.8 Å². The van der Waals surface area contributed by atoms with Crippen LogP contribution in [-0.4, -0.2) is 37.6 Å². The van der Waals surface area contributed by atoms with Crippen LogP contribution in [-0.2, 0) is 6.42 Å². The highest BCUT2D eigenvalue weighted by molar-refractivity contribution is 5.85. The summed E-state index contributed by atoms with van der Waals surface area (Å²) in [5.74, 6) is 1.95. The Bertz CT molecular complexity index is 469. The third-order valence-electron chi connectivity index (χ3n) is 6.61. The lowest BCUT2D eigenvalue weighted by molar-refractivity contribution is 0.174. The van der Waals surface area contributed by atoms with E-state index in [1.165, 1.54) is 109 Å². The van der Waals surface area contributed by atoms with Gasteiger partial charge in [0.25, 0.3) is 0 Å². The van der Waals surface area contributed by atoms with Crippen molar-refractivity contribution in [2.24, 2.45) is 11.8 Å². The number of rotatable bonds is 10. The van der Waals surface area contributed by atoms with Crippen molar-refractivity contribution < 1.29 is 0 Å². The smallest absolute Gasteiger partial charge is 0.00161 e. The molecule has 1 aromatic rings. The Kier molecular flexibility index (Phi) is 14.3. The van der Waals surface area contributed by atoms with Crippen LogP contribution in [0.2, 0.25) is 0 Å². The summed E-state index contributed by atoms with van der Waals surface area (Å²) in [5.41, 5.74) is 1.51. The molecule has 28 heavy (non-hydrogen) atoms. The summed E-state index contributed by atoms with van der Waals surface area (Å²) in [7, 11) is 0. The second-order valence-corrected chi connectivity index (χ2v) is 8.72. The normalized spacial score (nSPS) is 20.9. The van der Waals surface area contributed by atoms with Crippen molar-refractivity contribution in [2.45, 2.75) is 70.6 Å². The minimum Gasteiger partial charge on any atom is -0.316 e. The summed E-state index contributed by atoms with van der Waals surface area (Å²) in [6, 6.07) is 11.0. The summed E-state index contributed by atoms with van der Waals surface area (Å²) in [4.78, 5) is 2.73. The molecule has 1 atom stereocenters. The second-order valence-electron chi connectivity index (χ2n) is 8.72. The van der Waals surface area contributed by atoms with Crippen molar-refractivity contribution >= 4 is 24.8 Å². The van der Waals surface area contributed by atoms with Crippen LogP contribution in [0.4, 0.5) is 0 Å². The molecule has 0 saturated carbocycles. The van der Waals surface area contributed by atoms with E-state index in [1.807, 2.05) is 0 Å². The van der Waals surface area contributed by atoms with Gasteiger partial charge in [-0.1, -0.05) is 49.6 Å². The van der Waals surface area contributed by atoms with Gasteiger partial charge in [0.2, 0.25) is 0 Å². The van der Waals surface area contributed by atoms with Gasteiger partial charge in [0, 0.05) is 0 Å². The molecule has 0 spiro atoms. The Labute approximate surface area is 186 Å². The molecule has 0 aromatic heterocycles. The molecule has 2 saturated heterocycles. The summed E-state index contributed by atoms with van der Waals surface area (Å²) in [6.45, 7) is 6.57. The fourth-order valence-electron chi connectivity index (χ4n) is 4.85. The Morgan fingerprint density at radius 2 is 1.57 bits per heavy atom. The molecule has 0 radical (unpaired) electrons. The molecule has 2 aliphatic rings. The minimum atomic E-state index is 0. The predicted octanol–water partition coefficient (Wildman–Crippen LogP) is 6.12. The first kappa shape index (κ1) is 25.8. The number of unbranched alkanes of at least 4 members (excludes halogenated alkanes) is 2. The quantitative estimate of drug-likeness (QED) is 0.451. The largest absolute Gasteiger partial charge is 0.316 e. The lowest BCUT2D eigenvalue weighted by Crippen LogP contribution is -2.34. The fourth-order valence-corrected chi connectivity index (χ4v) is 4.85. The molecule has 0 bridgehead atoms. The lowest BCUT2D eigenvalue weighted by atomic mass is 9.90. The zero-order valence-corrected chi connectivity index (χ0v) is 19.3. The fraction of sp³-hybridized carbons (Fsp3) is 0.750. The average Bonchev–Trinajstić information content (AvgIpc) is 2.70. The molecule has 2 aliphatic heterocycles. The Morgan fingerprint density at radius 3 is 2.29 bits per heavy atom. The maximum atomic E-state index is 3.55. The van der Waals surface area contributed by atoms with E-state index in [0.29, 0.717) is 0 Å². The maximum Gasteiger partial charge on any atom is -0.00161 e. The predicted molar refractivity (Wildman–Crippen MR) is 127 cm³/mol. The van der Waals surface area contributed by atoms with Crippen molar-refractivity contribution in [2.75, 3.05) is 32.7 Å². The number of piperidine rings is 2. The number of hydrogen-bond donors (Lipinski definition) is 1. The van der Waals surface area contributed by atoms with Crippen molar-refractivity contribution in [3.63, 3.8) is 0 Å². The molecular formula is C24H42Cl2N2. The van der Waals surface area contributed by atoms with Gasteiger partial charge in [-0.25, -0.2) is 0 Å². The van der Waals surface area contributed by atoms with Crippen molar-refractivity contribution in [1.29, 1.82) is 0 Å². The third-order valence-corrected chi connectivity index (χ3v) is 6.61. The number of halogens is 2. The van der Waals surface area contributed by atoms with Crippen LogP contribution in [0.1, 0.15) is 69.8 Å². The highest BCUT2D eigenvalue weighted by Gasteiger charge is 2.18. The van der Waals surface area contributed by atoms with E-state index < -0.39 is 0 Å². The standard InChI is InChI=1S/C24H40N2.2ClH/c1-3-9-22(10-4-1)12-7-13-23-15-19-26(20-16-23)18-6-2-5-11-24-14-8-17-25-21-24;;/h1,3-4,9-10,23-25H,2,5-8,11-21H2;2*1H. The highest BCUT2D eigenvalue weighted by Crippen LogP contribution is 2.23. The van der Waals surface area contributed by atoms with Gasteiger partial charge in [0.15, 0.2) is 0 Å². The zero-order valence-electron chi connectivity index (χ0n) is 17.6. The first-order valence-corrected chi connectivity index (χ1v) is 11.4. The average molecular weight is 430 g/mol. The summed E-state index contributed by atoms with van der Waals surface area (Å²) < 4.78 is 0. The van der Waals surface area contributed by atoms with Gasteiger partial charge in [-0.2, -0.15) is 0 Å². The van der Waals surface area contributed by atoms with Gasteiger partial charge in [-0.05, 0) is 101 Å². The van der Waals surface area contributed by atoms with Crippen LogP contribution >= 0.6 is 24.8 Å². The van der Waals surface area contributed by atoms with Crippen LogP contribution in [0.15, 0.2) is 30.3 Å². The Balaban J connectivity index is 0.00000196. The van der Waals surface area contributed by atoms with Crippen molar-refractivity contribution in [3.05, 3.63) is 35.9 Å². The summed E-state index contributed by atoms with van der Waals surface area (Å²) >= 11 is 0. The molecule has 1 aromatic carbocycles. The second kappa shape index (κ2) is 15.5. The summed E-state index contributed by atoms with van der Waals surface area (Å²) in [5, 5.41) is 3.55. The van der Waals surface area contributed by atoms with Gasteiger partial charge in [0.1, 0.15) is 0 Å². The monoisotopic (exact) mass is 428 g/mol. The Hall–Kier alpha value is -0.280. The molecule has 3 rings (SSSR count). The van der Waals surface area contributed by atoms with E-state index >= 15 is 0 Å². The van der Waals surface area contributed by atoms with Crippen LogP contribution in [0.3, 0.4) is 0 Å². The molecule has 1 unspecified atom stereocenters. The topological polar surface area (TPSA) is 15.3 Å². The van der Waals surface area contributed by atoms with Crippen LogP contribution in [0.5, 0.6) is 0 Å². The molecule has 4 heteroatoms. The van der Waals surface area contributed by atoms with E-state index in [9.17, 15) is 0 Å². The van der Waals surface area contributed by atoms with Gasteiger partial charge < -0.3 is 10.2 Å². The molecule has 2 nitrogen and oxygen atoms in total. The van der Waals surface area contributed by atoms with Gasteiger partial charge >= 0.3 is 0 Å². The van der Waals surface area contributed by atoms with Gasteiger partial charge in [-0.15, -0.1) is 24.8 Å². The molecule has 0 amide bonds. The lowest BCUT2D eigenvalue weighted by Gasteiger charge is -2.32. The van der Waals surface area contributed by atoms with E-state index in [-0.39, 0.29) is 24.8 Å². The van der Waals surface area contributed by atoms with E-state index in [4.69, 9.17) is 0 Å². The molecule has 2 fully saturated rings. The number of benzene rings is 1. The van der Waals surface area contributed by atoms with Crippen LogP contribution in [0.25, 0.3) is 0 Å². The molecular weight excluding hydrogens is 387 g/mol. The van der Waals surface area contributed by atoms with E-state index in [1.54, 1.807) is 0 Å². The van der Waals surface area contributed by atoms with Gasteiger partial charge in [0.05, 0.1) is 0 Å². The van der Waals surface area contributed by atoms with Crippen molar-refractivity contribution in [3.8, 4) is 0 Å². The molecule has 1 N–H and O–H groups in total. The first-order chi connectivity index (χ1) is 12.9. The zero-order chi connectivity index (χ0) is 17.9. The Morgan fingerprint density at radius 1 is 0.821 bits per heavy atom. The third kappa shape index (κ3) is 9.96. The molecule has 0 aliphatic carbocycles. The van der Waals surface area contributed by atoms with Crippen LogP contribution < -0.4 is 5.32 Å². The highest BCUT2D eigenvalue weighted by atomic mass is 35.5. The van der Waals surface area contributed by atoms with Crippen molar-refractivity contribution in [1.82, 2.24) is 10.2 Å². The van der Waals surface area contributed by atoms with E-state index in [2.05, 4.69) is 40.5 Å². The number of nitrogens with zero attached hydrogens (tertiary/aromatic N) is 1. The summed E-state index contributed by atoms with van der Waals surface area (Å²) in [6.07, 6.45) is 15.5. The van der Waals surface area contributed by atoms with Crippen LogP contribution in [0, 0.1) is 11.8 Å².